The van der Waals surface area contributed by atoms with E-state index in [9.17, 15) is 0 Å². The van der Waals surface area contributed by atoms with E-state index in [1.54, 1.807) is 0 Å². The summed E-state index contributed by atoms with van der Waals surface area (Å²) in [6, 6.07) is 18.5. The first-order valence-corrected chi connectivity index (χ1v) is 12.2. The second-order valence-electron chi connectivity index (χ2n) is 8.49. The highest BCUT2D eigenvalue weighted by Gasteiger charge is 2.06. The molecule has 0 aliphatic rings. The third-order valence-electron chi connectivity index (χ3n) is 5.91. The van der Waals surface area contributed by atoms with Crippen molar-refractivity contribution in [2.45, 2.75) is 85.5 Å². The fourth-order valence-corrected chi connectivity index (χ4v) is 3.68. The maximum absolute atomic E-state index is 4.10. The Morgan fingerprint density at radius 1 is 0.742 bits per heavy atom. The molecule has 0 saturated carbocycles. The first-order valence-electron chi connectivity index (χ1n) is 12.2. The van der Waals surface area contributed by atoms with Crippen LogP contribution in [0.3, 0.4) is 0 Å². The Balaban J connectivity index is 0.000000703. The number of benzene rings is 2. The van der Waals surface area contributed by atoms with E-state index in [-0.39, 0.29) is 0 Å². The van der Waals surface area contributed by atoms with Crippen molar-refractivity contribution >= 4 is 0 Å². The number of allylic oxidation sites excluding steroid dienone is 2. The van der Waals surface area contributed by atoms with Gasteiger partial charge in [-0.1, -0.05) is 88.0 Å². The zero-order valence-electron chi connectivity index (χ0n) is 20.8. The minimum Gasteiger partial charge on any atom is -0.389 e. The zero-order chi connectivity index (χ0) is 23.1. The van der Waals surface area contributed by atoms with E-state index in [0.29, 0.717) is 5.92 Å². The molecular formula is C30H45N. The normalized spacial score (nSPS) is 10.4. The van der Waals surface area contributed by atoms with Crippen molar-refractivity contribution in [1.82, 2.24) is 5.32 Å². The summed E-state index contributed by atoms with van der Waals surface area (Å²) in [6.45, 7) is 19.5. The second-order valence-corrected chi connectivity index (χ2v) is 8.49. The van der Waals surface area contributed by atoms with E-state index >= 15 is 0 Å². The topological polar surface area (TPSA) is 12.0 Å². The summed E-state index contributed by atoms with van der Waals surface area (Å²) in [7, 11) is 0. The maximum atomic E-state index is 4.10. The molecule has 1 nitrogen and oxygen atoms in total. The van der Waals surface area contributed by atoms with Crippen molar-refractivity contribution in [1.29, 1.82) is 0 Å². The van der Waals surface area contributed by atoms with Crippen molar-refractivity contribution in [2.24, 2.45) is 0 Å². The number of aryl methyl sites for hydroxylation is 3. The highest BCUT2D eigenvalue weighted by molar-refractivity contribution is 5.28. The molecule has 1 N–H and O–H groups in total. The van der Waals surface area contributed by atoms with Gasteiger partial charge < -0.3 is 5.32 Å². The van der Waals surface area contributed by atoms with Gasteiger partial charge in [0, 0.05) is 12.2 Å². The Morgan fingerprint density at radius 2 is 1.19 bits per heavy atom. The van der Waals surface area contributed by atoms with Crippen LogP contribution in [0.2, 0.25) is 0 Å². The summed E-state index contributed by atoms with van der Waals surface area (Å²) in [4.78, 5) is 0. The van der Waals surface area contributed by atoms with Crippen LogP contribution in [0.5, 0.6) is 0 Å². The molecule has 0 radical (unpaired) electrons. The highest BCUT2D eigenvalue weighted by atomic mass is 14.8. The molecule has 0 amide bonds. The van der Waals surface area contributed by atoms with Crippen molar-refractivity contribution in [2.75, 3.05) is 6.54 Å². The van der Waals surface area contributed by atoms with Gasteiger partial charge in [-0.25, -0.2) is 0 Å². The second kappa shape index (κ2) is 15.5. The SMILES string of the molecule is C=C(C)NCC.C=C(CC)CCc1ccc(CCc2ccc(C(CC)CC)cc2)cc1. The predicted molar refractivity (Wildman–Crippen MR) is 140 cm³/mol. The molecule has 0 atom stereocenters. The average molecular weight is 420 g/mol. The van der Waals surface area contributed by atoms with Crippen LogP contribution in [0.25, 0.3) is 0 Å². The van der Waals surface area contributed by atoms with Gasteiger partial charge in [-0.05, 0) is 87.0 Å². The van der Waals surface area contributed by atoms with Crippen LogP contribution in [0.4, 0.5) is 0 Å². The van der Waals surface area contributed by atoms with E-state index in [0.717, 1.165) is 44.3 Å². The van der Waals surface area contributed by atoms with Crippen molar-refractivity contribution in [3.8, 4) is 0 Å². The van der Waals surface area contributed by atoms with Gasteiger partial charge >= 0.3 is 0 Å². The number of rotatable bonds is 12. The van der Waals surface area contributed by atoms with Crippen molar-refractivity contribution in [3.05, 3.63) is 95.2 Å². The predicted octanol–water partition coefficient (Wildman–Crippen LogP) is 8.40. The molecule has 2 rings (SSSR count). The molecule has 0 spiro atoms. The average Bonchev–Trinajstić information content (AvgIpc) is 2.78. The smallest absolute Gasteiger partial charge is 0.0115 e. The van der Waals surface area contributed by atoms with Gasteiger partial charge in [-0.15, -0.1) is 0 Å². The molecule has 0 heterocycles. The molecule has 1 heteroatoms. The lowest BCUT2D eigenvalue weighted by atomic mass is 9.92. The monoisotopic (exact) mass is 419 g/mol. The molecular weight excluding hydrogens is 374 g/mol. The van der Waals surface area contributed by atoms with Crippen LogP contribution in [-0.2, 0) is 19.3 Å². The molecule has 0 unspecified atom stereocenters. The molecule has 0 bridgehead atoms. The van der Waals surface area contributed by atoms with Gasteiger partial charge in [0.05, 0.1) is 0 Å². The van der Waals surface area contributed by atoms with E-state index < -0.39 is 0 Å². The molecule has 0 aromatic heterocycles. The fourth-order valence-electron chi connectivity index (χ4n) is 3.68. The van der Waals surface area contributed by atoms with E-state index in [1.807, 2.05) is 6.92 Å². The Kier molecular flexibility index (Phi) is 13.4. The zero-order valence-corrected chi connectivity index (χ0v) is 20.8. The Bertz CT molecular complexity index is 748. The minimum atomic E-state index is 0.713. The first kappa shape index (κ1) is 26.8. The summed E-state index contributed by atoms with van der Waals surface area (Å²) in [6.07, 6.45) is 8.01. The van der Waals surface area contributed by atoms with Crippen LogP contribution < -0.4 is 5.32 Å². The van der Waals surface area contributed by atoms with Crippen LogP contribution in [0.1, 0.15) is 88.5 Å². The molecule has 2 aromatic carbocycles. The van der Waals surface area contributed by atoms with Crippen molar-refractivity contribution < 1.29 is 0 Å². The molecule has 0 fully saturated rings. The van der Waals surface area contributed by atoms with Crippen LogP contribution >= 0.6 is 0 Å². The molecule has 0 aliphatic carbocycles. The lowest BCUT2D eigenvalue weighted by Crippen LogP contribution is -2.07. The van der Waals surface area contributed by atoms with E-state index in [4.69, 9.17) is 0 Å². The number of hydrogen-bond donors (Lipinski definition) is 1. The number of hydrogen-bond acceptors (Lipinski definition) is 1. The van der Waals surface area contributed by atoms with Crippen molar-refractivity contribution in [3.63, 3.8) is 0 Å². The van der Waals surface area contributed by atoms with Gasteiger partial charge in [0.25, 0.3) is 0 Å². The Hall–Kier alpha value is -2.28. The van der Waals surface area contributed by atoms with Gasteiger partial charge in [0.1, 0.15) is 0 Å². The minimum absolute atomic E-state index is 0.713. The van der Waals surface area contributed by atoms with Gasteiger partial charge in [0.2, 0.25) is 0 Å². The van der Waals surface area contributed by atoms with Crippen LogP contribution in [0.15, 0.2) is 73.0 Å². The van der Waals surface area contributed by atoms with Gasteiger partial charge in [-0.2, -0.15) is 0 Å². The summed E-state index contributed by atoms with van der Waals surface area (Å²) in [5.74, 6) is 0.713. The van der Waals surface area contributed by atoms with Gasteiger partial charge in [0.15, 0.2) is 0 Å². The molecule has 31 heavy (non-hydrogen) atoms. The molecule has 2 aromatic rings. The van der Waals surface area contributed by atoms with Gasteiger partial charge in [-0.3, -0.25) is 0 Å². The molecule has 170 valence electrons. The molecule has 0 saturated heterocycles. The quantitative estimate of drug-likeness (QED) is 0.340. The van der Waals surface area contributed by atoms with E-state index in [2.05, 4.69) is 94.7 Å². The summed E-state index contributed by atoms with van der Waals surface area (Å²) in [5, 5.41) is 3.01. The van der Waals surface area contributed by atoms with E-state index in [1.165, 1.54) is 40.7 Å². The number of nitrogens with one attached hydrogen (secondary N) is 1. The standard InChI is InChI=1S/C25H34.C5H11N/c1-5-20(4)8-9-21-10-12-22(13-11-21)14-15-23-16-18-25(19-17-23)24(6-2)7-3;1-4-6-5(2)3/h10-13,16-19,24H,4-9,14-15H2,1-3H3;6H,2,4H2,1,3H3. The summed E-state index contributed by atoms with van der Waals surface area (Å²) < 4.78 is 0. The van der Waals surface area contributed by atoms with Crippen LogP contribution in [0, 0.1) is 0 Å². The third kappa shape index (κ3) is 11.1. The highest BCUT2D eigenvalue weighted by Crippen LogP contribution is 2.23. The fraction of sp³-hybridized carbons (Fsp3) is 0.467. The Morgan fingerprint density at radius 3 is 1.55 bits per heavy atom. The largest absolute Gasteiger partial charge is 0.389 e. The lowest BCUT2D eigenvalue weighted by Gasteiger charge is -2.13. The lowest BCUT2D eigenvalue weighted by molar-refractivity contribution is 0.641. The van der Waals surface area contributed by atoms with Crippen LogP contribution in [-0.4, -0.2) is 6.54 Å². The summed E-state index contributed by atoms with van der Waals surface area (Å²) >= 11 is 0. The third-order valence-corrected chi connectivity index (χ3v) is 5.91. The Labute approximate surface area is 192 Å². The summed E-state index contributed by atoms with van der Waals surface area (Å²) in [5.41, 5.74) is 8.18. The maximum Gasteiger partial charge on any atom is 0.0115 e. The first-order chi connectivity index (χ1) is 14.9. The molecule has 0 aliphatic heterocycles.